The molecule has 6 heteroatoms. The van der Waals surface area contributed by atoms with E-state index in [4.69, 9.17) is 9.26 Å². The molecule has 0 spiro atoms. The molecule has 0 amide bonds. The van der Waals surface area contributed by atoms with Crippen molar-refractivity contribution in [3.05, 3.63) is 77.7 Å². The lowest BCUT2D eigenvalue weighted by Crippen LogP contribution is -2.29. The predicted molar refractivity (Wildman–Crippen MR) is 103 cm³/mol. The maximum atomic E-state index is 12.9. The fourth-order valence-electron chi connectivity index (χ4n) is 3.67. The van der Waals surface area contributed by atoms with Crippen LogP contribution in [-0.4, -0.2) is 27.6 Å². The minimum Gasteiger partial charge on any atom is -0.485 e. The Bertz CT molecular complexity index is 867. The van der Waals surface area contributed by atoms with Crippen LogP contribution in [0.4, 0.5) is 4.39 Å². The van der Waals surface area contributed by atoms with E-state index in [-0.39, 0.29) is 12.4 Å². The van der Waals surface area contributed by atoms with E-state index in [9.17, 15) is 4.39 Å². The fourth-order valence-corrected chi connectivity index (χ4v) is 3.67. The van der Waals surface area contributed by atoms with E-state index >= 15 is 0 Å². The molecule has 2 heterocycles. The molecule has 3 aromatic rings. The number of likely N-dealkylation sites (tertiary alicyclic amines) is 1. The summed E-state index contributed by atoms with van der Waals surface area (Å²) >= 11 is 0. The van der Waals surface area contributed by atoms with Crippen molar-refractivity contribution >= 4 is 0 Å². The summed E-state index contributed by atoms with van der Waals surface area (Å²) in [7, 11) is 0. The van der Waals surface area contributed by atoms with Crippen LogP contribution in [0.2, 0.25) is 0 Å². The second kappa shape index (κ2) is 8.97. The van der Waals surface area contributed by atoms with Crippen molar-refractivity contribution in [1.82, 2.24) is 15.0 Å². The zero-order valence-electron chi connectivity index (χ0n) is 15.8. The summed E-state index contributed by atoms with van der Waals surface area (Å²) in [6.07, 6.45) is 4.64. The van der Waals surface area contributed by atoms with Gasteiger partial charge >= 0.3 is 0 Å². The SMILES string of the molecule is Fc1ccc(OCc2noc(CN3CCC[C@H]3CCc3ccccc3)n2)cc1. The average Bonchev–Trinajstić information content (AvgIpc) is 3.36. The molecule has 2 aromatic carbocycles. The van der Waals surface area contributed by atoms with Crippen LogP contribution in [0.3, 0.4) is 0 Å². The molecule has 0 saturated carbocycles. The fraction of sp³-hybridized carbons (Fsp3) is 0.364. The third kappa shape index (κ3) is 4.95. The molecule has 0 radical (unpaired) electrons. The van der Waals surface area contributed by atoms with E-state index in [1.54, 1.807) is 12.1 Å². The van der Waals surface area contributed by atoms with Gasteiger partial charge in [0.25, 0.3) is 0 Å². The number of halogens is 1. The number of aryl methyl sites for hydroxylation is 1. The highest BCUT2D eigenvalue weighted by Gasteiger charge is 2.26. The highest BCUT2D eigenvalue weighted by molar-refractivity contribution is 5.22. The molecule has 1 atom stereocenters. The van der Waals surface area contributed by atoms with Crippen LogP contribution in [0.1, 0.15) is 36.5 Å². The third-order valence-electron chi connectivity index (χ3n) is 5.14. The lowest BCUT2D eigenvalue weighted by Gasteiger charge is -2.22. The first-order chi connectivity index (χ1) is 13.8. The molecular formula is C22H24FN3O2. The van der Waals surface area contributed by atoms with Gasteiger partial charge in [0.1, 0.15) is 11.6 Å². The Hall–Kier alpha value is -2.73. The molecule has 1 aromatic heterocycles. The van der Waals surface area contributed by atoms with Gasteiger partial charge in [-0.15, -0.1) is 0 Å². The van der Waals surface area contributed by atoms with Crippen molar-refractivity contribution in [3.63, 3.8) is 0 Å². The molecule has 0 bridgehead atoms. The van der Waals surface area contributed by atoms with Crippen LogP contribution in [0.15, 0.2) is 59.1 Å². The lowest BCUT2D eigenvalue weighted by atomic mass is 10.0. The van der Waals surface area contributed by atoms with Crippen LogP contribution in [0.25, 0.3) is 0 Å². The van der Waals surface area contributed by atoms with Crippen molar-refractivity contribution in [1.29, 1.82) is 0 Å². The molecule has 1 aliphatic rings. The minimum atomic E-state index is -0.290. The number of hydrogen-bond acceptors (Lipinski definition) is 5. The Morgan fingerprint density at radius 1 is 1.11 bits per heavy atom. The van der Waals surface area contributed by atoms with Gasteiger partial charge in [-0.3, -0.25) is 4.90 Å². The molecule has 28 heavy (non-hydrogen) atoms. The van der Waals surface area contributed by atoms with Gasteiger partial charge in [0.05, 0.1) is 6.54 Å². The summed E-state index contributed by atoms with van der Waals surface area (Å²) in [6, 6.07) is 17.0. The van der Waals surface area contributed by atoms with Crippen molar-refractivity contribution in [3.8, 4) is 5.75 Å². The van der Waals surface area contributed by atoms with Crippen LogP contribution in [-0.2, 0) is 19.6 Å². The lowest BCUT2D eigenvalue weighted by molar-refractivity contribution is 0.202. The molecule has 0 unspecified atom stereocenters. The van der Waals surface area contributed by atoms with Crippen molar-refractivity contribution < 1.29 is 13.7 Å². The van der Waals surface area contributed by atoms with Gasteiger partial charge < -0.3 is 9.26 Å². The molecule has 1 aliphatic heterocycles. The third-order valence-corrected chi connectivity index (χ3v) is 5.14. The Labute approximate surface area is 164 Å². The van der Waals surface area contributed by atoms with Gasteiger partial charge in [0.15, 0.2) is 6.61 Å². The van der Waals surface area contributed by atoms with Crippen LogP contribution < -0.4 is 4.74 Å². The minimum absolute atomic E-state index is 0.201. The molecular weight excluding hydrogens is 357 g/mol. The Kier molecular flexibility index (Phi) is 5.97. The second-order valence-electron chi connectivity index (χ2n) is 7.14. The van der Waals surface area contributed by atoms with Gasteiger partial charge in [-0.05, 0) is 62.1 Å². The number of ether oxygens (including phenoxy) is 1. The smallest absolute Gasteiger partial charge is 0.240 e. The van der Waals surface area contributed by atoms with E-state index < -0.39 is 0 Å². The molecule has 1 saturated heterocycles. The summed E-state index contributed by atoms with van der Waals surface area (Å²) in [5.74, 6) is 1.40. The standard InChI is InChI=1S/C22H24FN3O2/c23-18-9-12-20(13-10-18)27-16-21-24-22(28-25-21)15-26-14-4-7-19(26)11-8-17-5-2-1-3-6-17/h1-3,5-6,9-10,12-13,19H,4,7-8,11,14-16H2/t19-/m0/s1. The first-order valence-electron chi connectivity index (χ1n) is 9.74. The predicted octanol–water partition coefficient (Wildman–Crippen LogP) is 4.38. The molecule has 5 nitrogen and oxygen atoms in total. The average molecular weight is 381 g/mol. The monoisotopic (exact) mass is 381 g/mol. The van der Waals surface area contributed by atoms with Crippen LogP contribution in [0.5, 0.6) is 5.75 Å². The number of aromatic nitrogens is 2. The summed E-state index contributed by atoms with van der Waals surface area (Å²) in [6.45, 7) is 1.93. The maximum absolute atomic E-state index is 12.9. The van der Waals surface area contributed by atoms with E-state index in [1.165, 1.54) is 30.5 Å². The number of rotatable bonds is 8. The van der Waals surface area contributed by atoms with Crippen molar-refractivity contribution in [2.75, 3.05) is 6.54 Å². The highest BCUT2D eigenvalue weighted by Crippen LogP contribution is 2.23. The molecule has 1 fully saturated rings. The van der Waals surface area contributed by atoms with E-state index in [2.05, 4.69) is 45.4 Å². The highest BCUT2D eigenvalue weighted by atomic mass is 19.1. The van der Waals surface area contributed by atoms with Gasteiger partial charge in [0.2, 0.25) is 11.7 Å². The topological polar surface area (TPSA) is 51.4 Å². The number of nitrogens with zero attached hydrogens (tertiary/aromatic N) is 3. The molecule has 0 aliphatic carbocycles. The van der Waals surface area contributed by atoms with E-state index in [1.807, 2.05) is 0 Å². The van der Waals surface area contributed by atoms with E-state index in [0.29, 0.717) is 30.1 Å². The second-order valence-corrected chi connectivity index (χ2v) is 7.14. The van der Waals surface area contributed by atoms with Crippen molar-refractivity contribution in [2.45, 2.75) is 44.9 Å². The summed E-state index contributed by atoms with van der Waals surface area (Å²) < 4.78 is 23.9. The largest absolute Gasteiger partial charge is 0.485 e. The van der Waals surface area contributed by atoms with Gasteiger partial charge in [0, 0.05) is 6.04 Å². The van der Waals surface area contributed by atoms with Crippen LogP contribution in [0, 0.1) is 5.82 Å². The zero-order chi connectivity index (χ0) is 19.2. The molecule has 0 N–H and O–H groups in total. The summed E-state index contributed by atoms with van der Waals surface area (Å²) in [5.41, 5.74) is 1.38. The van der Waals surface area contributed by atoms with Gasteiger partial charge in [-0.25, -0.2) is 4.39 Å². The summed E-state index contributed by atoms with van der Waals surface area (Å²) in [4.78, 5) is 6.87. The van der Waals surface area contributed by atoms with Gasteiger partial charge in [-0.2, -0.15) is 4.98 Å². The first-order valence-corrected chi connectivity index (χ1v) is 9.74. The first kappa shape index (κ1) is 18.6. The Balaban J connectivity index is 1.28. The molecule has 4 rings (SSSR count). The number of hydrogen-bond donors (Lipinski definition) is 0. The van der Waals surface area contributed by atoms with Gasteiger partial charge in [-0.1, -0.05) is 35.5 Å². The summed E-state index contributed by atoms with van der Waals surface area (Å²) in [5, 5.41) is 4.00. The zero-order valence-corrected chi connectivity index (χ0v) is 15.8. The van der Waals surface area contributed by atoms with Crippen molar-refractivity contribution in [2.24, 2.45) is 0 Å². The maximum Gasteiger partial charge on any atom is 0.240 e. The molecule has 146 valence electrons. The normalized spacial score (nSPS) is 17.1. The van der Waals surface area contributed by atoms with E-state index in [0.717, 1.165) is 19.4 Å². The number of benzene rings is 2. The Morgan fingerprint density at radius 2 is 1.93 bits per heavy atom. The Morgan fingerprint density at radius 3 is 2.75 bits per heavy atom. The quantitative estimate of drug-likeness (QED) is 0.579. The van der Waals surface area contributed by atoms with Crippen LogP contribution >= 0.6 is 0 Å².